The van der Waals surface area contributed by atoms with Crippen LogP contribution in [-0.4, -0.2) is 48.9 Å². The van der Waals surface area contributed by atoms with Crippen molar-refractivity contribution >= 4 is 17.7 Å². The van der Waals surface area contributed by atoms with Crippen LogP contribution in [0, 0.1) is 0 Å². The average Bonchev–Trinajstić information content (AvgIpc) is 2.56. The number of hydrogen-bond acceptors (Lipinski definition) is 3. The quantitative estimate of drug-likeness (QED) is 0.869. The third-order valence-corrected chi connectivity index (χ3v) is 4.96. The summed E-state index contributed by atoms with van der Waals surface area (Å²) >= 11 is 1.65. The summed E-state index contributed by atoms with van der Waals surface area (Å²) in [5.74, 6) is 0.145. The summed E-state index contributed by atoms with van der Waals surface area (Å²) in [6.07, 6.45) is 0. The molecule has 2 aromatic rings. The van der Waals surface area contributed by atoms with E-state index in [1.165, 1.54) is 0 Å². The van der Waals surface area contributed by atoms with E-state index < -0.39 is 0 Å². The zero-order valence-corrected chi connectivity index (χ0v) is 13.6. The Labute approximate surface area is 135 Å². The lowest BCUT2D eigenvalue weighted by molar-refractivity contribution is 0.0660. The average molecular weight is 312 g/mol. The Balaban J connectivity index is 1.80. The smallest absolute Gasteiger partial charge is 0.255 e. The first-order valence-corrected chi connectivity index (χ1v) is 8.35. The first-order chi connectivity index (χ1) is 10.7. The number of carbonyl (C=O) groups excluding carboxylic acids is 1. The summed E-state index contributed by atoms with van der Waals surface area (Å²) in [6, 6.07) is 18.1. The van der Waals surface area contributed by atoms with Crippen LogP contribution >= 0.6 is 11.8 Å². The number of hydrogen-bond donors (Lipinski definition) is 0. The molecule has 4 heteroatoms. The van der Waals surface area contributed by atoms with Crippen LogP contribution in [0.15, 0.2) is 64.4 Å². The van der Waals surface area contributed by atoms with Crippen LogP contribution in [0.2, 0.25) is 0 Å². The summed E-state index contributed by atoms with van der Waals surface area (Å²) in [6.45, 7) is 3.50. The van der Waals surface area contributed by atoms with Crippen molar-refractivity contribution in [2.45, 2.75) is 9.79 Å². The summed E-state index contributed by atoms with van der Waals surface area (Å²) in [7, 11) is 2.10. The topological polar surface area (TPSA) is 23.6 Å². The molecule has 0 atom stereocenters. The minimum absolute atomic E-state index is 0.145. The van der Waals surface area contributed by atoms with Crippen molar-refractivity contribution in [3.05, 3.63) is 60.2 Å². The maximum atomic E-state index is 12.8. The molecule has 1 heterocycles. The Bertz CT molecular complexity index is 637. The molecule has 0 bridgehead atoms. The number of nitrogens with zero attached hydrogens (tertiary/aromatic N) is 2. The van der Waals surface area contributed by atoms with Gasteiger partial charge in [-0.15, -0.1) is 0 Å². The van der Waals surface area contributed by atoms with Gasteiger partial charge < -0.3 is 9.80 Å². The Morgan fingerprint density at radius 1 is 0.909 bits per heavy atom. The fourth-order valence-corrected chi connectivity index (χ4v) is 3.49. The van der Waals surface area contributed by atoms with Gasteiger partial charge in [-0.25, -0.2) is 0 Å². The monoisotopic (exact) mass is 312 g/mol. The van der Waals surface area contributed by atoms with E-state index in [1.807, 2.05) is 47.4 Å². The molecule has 1 aliphatic heterocycles. The van der Waals surface area contributed by atoms with Crippen LogP contribution in [0.1, 0.15) is 10.4 Å². The molecule has 0 saturated carbocycles. The van der Waals surface area contributed by atoms with E-state index in [9.17, 15) is 4.79 Å². The maximum absolute atomic E-state index is 12.8. The second kappa shape index (κ2) is 6.99. The molecule has 22 heavy (non-hydrogen) atoms. The van der Waals surface area contributed by atoms with Gasteiger partial charge in [0, 0.05) is 36.0 Å². The van der Waals surface area contributed by atoms with Crippen molar-refractivity contribution in [3.8, 4) is 0 Å². The maximum Gasteiger partial charge on any atom is 0.255 e. The van der Waals surface area contributed by atoms with Gasteiger partial charge in [0.15, 0.2) is 0 Å². The first-order valence-electron chi connectivity index (χ1n) is 7.54. The van der Waals surface area contributed by atoms with E-state index in [2.05, 4.69) is 24.1 Å². The predicted molar refractivity (Wildman–Crippen MR) is 90.4 cm³/mol. The molecule has 0 radical (unpaired) electrons. The van der Waals surface area contributed by atoms with Crippen LogP contribution in [0.25, 0.3) is 0 Å². The predicted octanol–water partition coefficient (Wildman–Crippen LogP) is 3.23. The van der Waals surface area contributed by atoms with Gasteiger partial charge in [-0.05, 0) is 31.3 Å². The lowest BCUT2D eigenvalue weighted by atomic mass is 10.2. The molecule has 1 amide bonds. The van der Waals surface area contributed by atoms with Gasteiger partial charge in [0.1, 0.15) is 0 Å². The minimum atomic E-state index is 0.145. The molecule has 0 aromatic heterocycles. The van der Waals surface area contributed by atoms with Gasteiger partial charge in [0.05, 0.1) is 5.56 Å². The minimum Gasteiger partial charge on any atom is -0.336 e. The summed E-state index contributed by atoms with van der Waals surface area (Å²) < 4.78 is 0. The molecule has 1 aliphatic rings. The highest BCUT2D eigenvalue weighted by atomic mass is 32.2. The van der Waals surface area contributed by atoms with Crippen molar-refractivity contribution in [1.82, 2.24) is 9.80 Å². The van der Waals surface area contributed by atoms with Gasteiger partial charge >= 0.3 is 0 Å². The van der Waals surface area contributed by atoms with E-state index in [0.29, 0.717) is 0 Å². The van der Waals surface area contributed by atoms with Crippen molar-refractivity contribution < 1.29 is 4.79 Å². The van der Waals surface area contributed by atoms with Gasteiger partial charge in [0.25, 0.3) is 5.91 Å². The Kier molecular flexibility index (Phi) is 4.80. The Hall–Kier alpha value is -1.78. The zero-order chi connectivity index (χ0) is 15.4. The fraction of sp³-hybridized carbons (Fsp3) is 0.278. The molecule has 3 rings (SSSR count). The van der Waals surface area contributed by atoms with Crippen LogP contribution in [0.3, 0.4) is 0 Å². The van der Waals surface area contributed by atoms with Crippen molar-refractivity contribution in [3.63, 3.8) is 0 Å². The highest BCUT2D eigenvalue weighted by Gasteiger charge is 2.22. The number of benzene rings is 2. The third-order valence-electron chi connectivity index (χ3n) is 3.88. The van der Waals surface area contributed by atoms with Crippen molar-refractivity contribution in [2.24, 2.45) is 0 Å². The highest BCUT2D eigenvalue weighted by Crippen LogP contribution is 2.30. The van der Waals surface area contributed by atoms with Crippen molar-refractivity contribution in [2.75, 3.05) is 33.2 Å². The van der Waals surface area contributed by atoms with E-state index in [4.69, 9.17) is 0 Å². The Morgan fingerprint density at radius 3 is 2.27 bits per heavy atom. The van der Waals surface area contributed by atoms with Crippen LogP contribution in [0.5, 0.6) is 0 Å². The molecule has 0 N–H and O–H groups in total. The zero-order valence-electron chi connectivity index (χ0n) is 12.7. The van der Waals surface area contributed by atoms with Gasteiger partial charge in [-0.2, -0.15) is 0 Å². The van der Waals surface area contributed by atoms with Crippen LogP contribution in [0.4, 0.5) is 0 Å². The second-order valence-electron chi connectivity index (χ2n) is 5.51. The van der Waals surface area contributed by atoms with Gasteiger partial charge in [-0.1, -0.05) is 42.1 Å². The lowest BCUT2D eigenvalue weighted by Crippen LogP contribution is -2.47. The van der Waals surface area contributed by atoms with Crippen LogP contribution < -0.4 is 0 Å². The molecular formula is C18H20N2OS. The van der Waals surface area contributed by atoms with Crippen LogP contribution in [-0.2, 0) is 0 Å². The van der Waals surface area contributed by atoms with Gasteiger partial charge in [-0.3, -0.25) is 4.79 Å². The molecule has 2 aromatic carbocycles. The number of carbonyl (C=O) groups is 1. The largest absolute Gasteiger partial charge is 0.336 e. The summed E-state index contributed by atoms with van der Waals surface area (Å²) in [4.78, 5) is 19.2. The van der Waals surface area contributed by atoms with Crippen molar-refractivity contribution in [1.29, 1.82) is 0 Å². The summed E-state index contributed by atoms with van der Waals surface area (Å²) in [5, 5.41) is 0. The first kappa shape index (κ1) is 15.1. The molecule has 0 aliphatic carbocycles. The molecule has 0 unspecified atom stereocenters. The molecule has 1 fully saturated rings. The third kappa shape index (κ3) is 3.51. The summed E-state index contributed by atoms with van der Waals surface area (Å²) in [5.41, 5.74) is 0.806. The van der Waals surface area contributed by atoms with E-state index in [1.54, 1.807) is 11.8 Å². The SMILES string of the molecule is CN1CCN(C(=O)c2ccccc2Sc2ccccc2)CC1. The fourth-order valence-electron chi connectivity index (χ4n) is 2.53. The van der Waals surface area contributed by atoms with E-state index >= 15 is 0 Å². The number of likely N-dealkylation sites (N-methyl/N-ethyl adjacent to an activating group) is 1. The molecule has 1 saturated heterocycles. The molecular weight excluding hydrogens is 292 g/mol. The molecule has 114 valence electrons. The highest BCUT2D eigenvalue weighted by molar-refractivity contribution is 7.99. The lowest BCUT2D eigenvalue weighted by Gasteiger charge is -2.32. The molecule has 3 nitrogen and oxygen atoms in total. The number of amides is 1. The number of rotatable bonds is 3. The van der Waals surface area contributed by atoms with E-state index in [0.717, 1.165) is 41.5 Å². The second-order valence-corrected chi connectivity index (χ2v) is 6.62. The number of piperazine rings is 1. The van der Waals surface area contributed by atoms with E-state index in [-0.39, 0.29) is 5.91 Å². The Morgan fingerprint density at radius 2 is 1.55 bits per heavy atom. The normalized spacial score (nSPS) is 15.8. The molecule has 0 spiro atoms. The standard InChI is InChI=1S/C18H20N2OS/c1-19-11-13-20(14-12-19)18(21)16-9-5-6-10-17(16)22-15-7-3-2-4-8-15/h2-10H,11-14H2,1H3. The van der Waals surface area contributed by atoms with Gasteiger partial charge in [0.2, 0.25) is 0 Å².